The quantitative estimate of drug-likeness (QED) is 0.705. The zero-order chi connectivity index (χ0) is 11.4. The van der Waals surface area contributed by atoms with Crippen LogP contribution in [0.2, 0.25) is 0 Å². The van der Waals surface area contributed by atoms with Gasteiger partial charge >= 0.3 is 0 Å². The van der Waals surface area contributed by atoms with E-state index < -0.39 is 0 Å². The molecular weight excluding hydrogens is 198 g/mol. The molecule has 2 heterocycles. The molecule has 1 unspecified atom stereocenters. The predicted molar refractivity (Wildman–Crippen MR) is 67.7 cm³/mol. The van der Waals surface area contributed by atoms with Gasteiger partial charge in [-0.1, -0.05) is 13.8 Å². The van der Waals surface area contributed by atoms with Crippen molar-refractivity contribution in [1.82, 2.24) is 15.6 Å². The first kappa shape index (κ1) is 11.7. The molecule has 1 aromatic heterocycles. The molecule has 0 spiro atoms. The summed E-state index contributed by atoms with van der Waals surface area (Å²) in [6, 6.07) is 2.17. The Morgan fingerprint density at radius 2 is 2.38 bits per heavy atom. The molecule has 1 aliphatic rings. The topological polar surface area (TPSA) is 39.8 Å². The fraction of sp³-hybridized carbons (Fsp3) is 0.692. The summed E-state index contributed by atoms with van der Waals surface area (Å²) in [4.78, 5) is 3.13. The summed E-state index contributed by atoms with van der Waals surface area (Å²) in [5.41, 5.74) is 1.59. The number of hydrogen-bond acceptors (Lipinski definition) is 2. The number of H-pyrrole nitrogens is 1. The van der Waals surface area contributed by atoms with E-state index in [1.165, 1.54) is 25.1 Å². The highest BCUT2D eigenvalue weighted by molar-refractivity contribution is 5.20. The van der Waals surface area contributed by atoms with Gasteiger partial charge in [0.25, 0.3) is 0 Å². The van der Waals surface area contributed by atoms with Crippen molar-refractivity contribution < 1.29 is 0 Å². The van der Waals surface area contributed by atoms with Crippen LogP contribution in [0.5, 0.6) is 0 Å². The molecule has 0 aromatic carbocycles. The molecule has 3 N–H and O–H groups in total. The van der Waals surface area contributed by atoms with Crippen molar-refractivity contribution in [1.29, 1.82) is 0 Å². The van der Waals surface area contributed by atoms with Gasteiger partial charge in [0, 0.05) is 24.4 Å². The Labute approximate surface area is 98.0 Å². The average molecular weight is 221 g/mol. The second-order valence-electron chi connectivity index (χ2n) is 5.47. The van der Waals surface area contributed by atoms with Crippen molar-refractivity contribution in [2.45, 2.75) is 25.7 Å². The highest BCUT2D eigenvalue weighted by Crippen LogP contribution is 2.21. The normalized spacial score (nSPS) is 21.5. The van der Waals surface area contributed by atoms with E-state index in [4.69, 9.17) is 0 Å². The SMILES string of the molecule is CC(C)(CNCC1CCNC1)c1cc[nH]c1. The average Bonchev–Trinajstić information content (AvgIpc) is 2.90. The second kappa shape index (κ2) is 5.02. The molecule has 1 atom stereocenters. The Morgan fingerprint density at radius 1 is 1.50 bits per heavy atom. The van der Waals surface area contributed by atoms with Crippen LogP contribution in [0.25, 0.3) is 0 Å². The Morgan fingerprint density at radius 3 is 3.00 bits per heavy atom. The number of rotatable bonds is 5. The van der Waals surface area contributed by atoms with Crippen LogP contribution in [-0.2, 0) is 5.41 Å². The van der Waals surface area contributed by atoms with E-state index in [1.807, 2.05) is 6.20 Å². The molecule has 90 valence electrons. The first-order valence-corrected chi connectivity index (χ1v) is 6.23. The smallest absolute Gasteiger partial charge is 0.00438 e. The molecule has 0 saturated carbocycles. The van der Waals surface area contributed by atoms with Gasteiger partial charge in [-0.05, 0) is 43.6 Å². The van der Waals surface area contributed by atoms with Crippen LogP contribution in [0.4, 0.5) is 0 Å². The molecule has 16 heavy (non-hydrogen) atoms. The maximum atomic E-state index is 3.60. The van der Waals surface area contributed by atoms with Crippen LogP contribution >= 0.6 is 0 Å². The molecule has 3 nitrogen and oxygen atoms in total. The lowest BCUT2D eigenvalue weighted by atomic mass is 9.86. The minimum atomic E-state index is 0.214. The number of hydrogen-bond donors (Lipinski definition) is 3. The van der Waals surface area contributed by atoms with Gasteiger partial charge in [0.1, 0.15) is 0 Å². The van der Waals surface area contributed by atoms with Crippen LogP contribution in [-0.4, -0.2) is 31.2 Å². The Balaban J connectivity index is 1.76. The van der Waals surface area contributed by atoms with Crippen LogP contribution in [0.15, 0.2) is 18.5 Å². The van der Waals surface area contributed by atoms with Gasteiger partial charge in [-0.15, -0.1) is 0 Å². The molecule has 0 amide bonds. The summed E-state index contributed by atoms with van der Waals surface area (Å²) in [6.07, 6.45) is 5.41. The highest BCUT2D eigenvalue weighted by Gasteiger charge is 2.21. The van der Waals surface area contributed by atoms with E-state index in [0.717, 1.165) is 19.0 Å². The van der Waals surface area contributed by atoms with Crippen molar-refractivity contribution in [2.24, 2.45) is 5.92 Å². The lowest BCUT2D eigenvalue weighted by Crippen LogP contribution is -2.35. The van der Waals surface area contributed by atoms with E-state index in [9.17, 15) is 0 Å². The largest absolute Gasteiger partial charge is 0.367 e. The lowest BCUT2D eigenvalue weighted by molar-refractivity contribution is 0.431. The summed E-state index contributed by atoms with van der Waals surface area (Å²) in [5, 5.41) is 7.00. The van der Waals surface area contributed by atoms with Crippen molar-refractivity contribution >= 4 is 0 Å². The first-order chi connectivity index (χ1) is 7.68. The number of aromatic amines is 1. The fourth-order valence-corrected chi connectivity index (χ4v) is 2.32. The molecule has 1 fully saturated rings. The third kappa shape index (κ3) is 2.86. The van der Waals surface area contributed by atoms with Gasteiger partial charge in [-0.25, -0.2) is 0 Å². The van der Waals surface area contributed by atoms with E-state index in [1.54, 1.807) is 0 Å². The molecular formula is C13H23N3. The predicted octanol–water partition coefficient (Wildman–Crippen LogP) is 1.49. The molecule has 1 aliphatic heterocycles. The summed E-state index contributed by atoms with van der Waals surface area (Å²) in [6.45, 7) is 9.12. The van der Waals surface area contributed by atoms with Gasteiger partial charge in [-0.3, -0.25) is 0 Å². The first-order valence-electron chi connectivity index (χ1n) is 6.23. The van der Waals surface area contributed by atoms with Crippen LogP contribution in [0.1, 0.15) is 25.8 Å². The van der Waals surface area contributed by atoms with Crippen LogP contribution in [0, 0.1) is 5.92 Å². The fourth-order valence-electron chi connectivity index (χ4n) is 2.32. The van der Waals surface area contributed by atoms with Crippen molar-refractivity contribution in [3.05, 3.63) is 24.0 Å². The van der Waals surface area contributed by atoms with Crippen LogP contribution < -0.4 is 10.6 Å². The van der Waals surface area contributed by atoms with Crippen molar-refractivity contribution in [3.8, 4) is 0 Å². The van der Waals surface area contributed by atoms with Crippen molar-refractivity contribution in [3.63, 3.8) is 0 Å². The summed E-state index contributed by atoms with van der Waals surface area (Å²) >= 11 is 0. The van der Waals surface area contributed by atoms with E-state index in [-0.39, 0.29) is 5.41 Å². The van der Waals surface area contributed by atoms with Gasteiger partial charge in [-0.2, -0.15) is 0 Å². The van der Waals surface area contributed by atoms with E-state index in [2.05, 4.69) is 41.7 Å². The zero-order valence-electron chi connectivity index (χ0n) is 10.3. The highest BCUT2D eigenvalue weighted by atomic mass is 14.9. The molecule has 3 heteroatoms. The minimum absolute atomic E-state index is 0.214. The summed E-state index contributed by atoms with van der Waals surface area (Å²) in [5.74, 6) is 0.821. The van der Waals surface area contributed by atoms with Gasteiger partial charge in [0.05, 0.1) is 0 Å². The summed E-state index contributed by atoms with van der Waals surface area (Å²) < 4.78 is 0. The third-order valence-corrected chi connectivity index (χ3v) is 3.54. The molecule has 1 aromatic rings. The Bertz CT molecular complexity index is 297. The second-order valence-corrected chi connectivity index (χ2v) is 5.47. The number of aromatic nitrogens is 1. The maximum Gasteiger partial charge on any atom is 0.00438 e. The zero-order valence-corrected chi connectivity index (χ0v) is 10.3. The maximum absolute atomic E-state index is 3.60. The third-order valence-electron chi connectivity index (χ3n) is 3.54. The Hall–Kier alpha value is -0.800. The monoisotopic (exact) mass is 221 g/mol. The molecule has 2 rings (SSSR count). The molecule has 0 aliphatic carbocycles. The van der Waals surface area contributed by atoms with Crippen molar-refractivity contribution in [2.75, 3.05) is 26.2 Å². The summed E-state index contributed by atoms with van der Waals surface area (Å²) in [7, 11) is 0. The lowest BCUT2D eigenvalue weighted by Gasteiger charge is -2.25. The van der Waals surface area contributed by atoms with Crippen LogP contribution in [0.3, 0.4) is 0 Å². The standard InChI is InChI=1S/C13H23N3/c1-13(2,12-4-6-15-9-12)10-16-8-11-3-5-14-7-11/h4,6,9,11,14-16H,3,5,7-8,10H2,1-2H3. The Kier molecular flexibility index (Phi) is 3.66. The molecule has 0 bridgehead atoms. The van der Waals surface area contributed by atoms with Gasteiger partial charge in [0.2, 0.25) is 0 Å². The van der Waals surface area contributed by atoms with E-state index >= 15 is 0 Å². The minimum Gasteiger partial charge on any atom is -0.367 e. The number of nitrogens with one attached hydrogen (secondary N) is 3. The van der Waals surface area contributed by atoms with Gasteiger partial charge < -0.3 is 15.6 Å². The van der Waals surface area contributed by atoms with E-state index in [0.29, 0.717) is 0 Å². The van der Waals surface area contributed by atoms with Gasteiger partial charge in [0.15, 0.2) is 0 Å². The molecule has 1 saturated heterocycles. The molecule has 0 radical (unpaired) electrons.